The number of rotatable bonds is 7. The second kappa shape index (κ2) is 10.3. The summed E-state index contributed by atoms with van der Waals surface area (Å²) in [6, 6.07) is 7.21. The molecule has 0 aliphatic heterocycles. The summed E-state index contributed by atoms with van der Waals surface area (Å²) in [4.78, 5) is 19.2. The number of amides is 1. The zero-order valence-electron chi connectivity index (χ0n) is 12.5. The molecule has 2 rings (SSSR count). The third kappa shape index (κ3) is 5.81. The Morgan fingerprint density at radius 1 is 1.44 bits per heavy atom. The highest BCUT2D eigenvalue weighted by Crippen LogP contribution is 2.37. The Kier molecular flexibility index (Phi) is 8.42. The van der Waals surface area contributed by atoms with Crippen LogP contribution < -0.4 is 5.32 Å². The molecule has 2 N–H and O–H groups in total. The van der Waals surface area contributed by atoms with Crippen molar-refractivity contribution in [1.82, 2.24) is 10.3 Å². The average Bonchev–Trinajstić information content (AvgIpc) is 2.62. The monoisotopic (exact) mass is 599 g/mol. The number of benzene rings is 1. The maximum Gasteiger partial charge on any atom is 0.255 e. The van der Waals surface area contributed by atoms with Crippen molar-refractivity contribution in [1.29, 1.82) is 0 Å². The lowest BCUT2D eigenvalue weighted by molar-refractivity contribution is 0.0953. The minimum absolute atomic E-state index is 0.160. The van der Waals surface area contributed by atoms with Gasteiger partial charge in [-0.1, -0.05) is 22.0 Å². The van der Waals surface area contributed by atoms with E-state index in [4.69, 9.17) is 5.53 Å². The number of nitrogens with zero attached hydrogens (tertiary/aromatic N) is 4. The average molecular weight is 599 g/mol. The number of halogens is 2. The Labute approximate surface area is 179 Å². The third-order valence-electron chi connectivity index (χ3n) is 2.81. The normalized spacial score (nSPS) is 10.2. The van der Waals surface area contributed by atoms with Gasteiger partial charge >= 0.3 is 0 Å². The predicted octanol–water partition coefficient (Wildman–Crippen LogP) is 5.11. The second-order valence-corrected chi connectivity index (χ2v) is 9.11. The number of aromatic nitrogens is 1. The lowest BCUT2D eigenvalue weighted by atomic mass is 10.1. The molecule has 0 unspecified atom stereocenters. The van der Waals surface area contributed by atoms with Crippen molar-refractivity contribution >= 4 is 78.4 Å². The van der Waals surface area contributed by atoms with Gasteiger partial charge in [-0.25, -0.2) is 4.98 Å². The summed E-state index contributed by atoms with van der Waals surface area (Å²) < 4.78 is 0.954. The molecule has 0 aliphatic carbocycles. The first kappa shape index (κ1) is 20.4. The molecule has 11 heteroatoms. The molecule has 0 bridgehead atoms. The number of pyridine rings is 1. The first-order valence-corrected chi connectivity index (χ1v) is 11.3. The summed E-state index contributed by atoms with van der Waals surface area (Å²) in [5.41, 5.74) is 9.05. The fourth-order valence-corrected chi connectivity index (χ4v) is 5.39. The highest BCUT2D eigenvalue weighted by molar-refractivity contribution is 14.1. The van der Waals surface area contributed by atoms with Gasteiger partial charge in [0.05, 0.1) is 14.8 Å². The molecule has 1 aromatic heterocycles. The van der Waals surface area contributed by atoms with Gasteiger partial charge < -0.3 is 10.4 Å². The van der Waals surface area contributed by atoms with Crippen LogP contribution in [0.5, 0.6) is 5.75 Å². The second-order valence-electron chi connectivity index (χ2n) is 4.44. The van der Waals surface area contributed by atoms with E-state index in [0.717, 1.165) is 5.03 Å². The standard InChI is InChI=1S/C14H11I2N5O2S2/c15-9-7-8(13(22)11(16)12(9)20-21-17)14(23)19-5-6-24-25-10-3-1-2-4-18-10/h1-4,7,22H,5-6H2,(H,19,23). The van der Waals surface area contributed by atoms with Gasteiger partial charge in [0.1, 0.15) is 10.8 Å². The number of aromatic hydroxyl groups is 1. The predicted molar refractivity (Wildman–Crippen MR) is 117 cm³/mol. The number of nitrogens with one attached hydrogen (secondary N) is 1. The molecule has 130 valence electrons. The Morgan fingerprint density at radius 2 is 2.24 bits per heavy atom. The fourth-order valence-electron chi connectivity index (χ4n) is 1.71. The van der Waals surface area contributed by atoms with Crippen molar-refractivity contribution in [2.45, 2.75) is 5.03 Å². The number of hydrogen-bond acceptors (Lipinski definition) is 6. The molecule has 0 aliphatic rings. The molecule has 2 aromatic rings. The van der Waals surface area contributed by atoms with Gasteiger partial charge in [-0.3, -0.25) is 4.79 Å². The molecule has 0 saturated carbocycles. The number of azide groups is 1. The highest BCUT2D eigenvalue weighted by Gasteiger charge is 2.18. The molecule has 1 heterocycles. The number of phenolic OH excluding ortho intramolecular Hbond substituents is 1. The van der Waals surface area contributed by atoms with E-state index in [9.17, 15) is 9.90 Å². The maximum absolute atomic E-state index is 12.3. The SMILES string of the molecule is [N-]=[N+]=Nc1c(I)cc(C(=O)NCCSSc2ccccn2)c(O)c1I. The van der Waals surface area contributed by atoms with Gasteiger partial charge in [0.15, 0.2) is 0 Å². The molecule has 7 nitrogen and oxygen atoms in total. The Hall–Kier alpha value is -0.890. The van der Waals surface area contributed by atoms with E-state index in [1.165, 1.54) is 16.9 Å². The molecular weight excluding hydrogens is 588 g/mol. The van der Waals surface area contributed by atoms with Gasteiger partial charge in [0.25, 0.3) is 5.91 Å². The third-order valence-corrected chi connectivity index (χ3v) is 6.92. The summed E-state index contributed by atoms with van der Waals surface area (Å²) in [7, 11) is 3.12. The van der Waals surface area contributed by atoms with Crippen molar-refractivity contribution in [3.05, 3.63) is 53.6 Å². The molecule has 0 saturated heterocycles. The van der Waals surface area contributed by atoms with Gasteiger partial charge in [-0.15, -0.1) is 0 Å². The lowest BCUT2D eigenvalue weighted by Gasteiger charge is -2.11. The summed E-state index contributed by atoms with van der Waals surface area (Å²) in [6.07, 6.45) is 1.73. The van der Waals surface area contributed by atoms with Crippen LogP contribution in [0.3, 0.4) is 0 Å². The quantitative estimate of drug-likeness (QED) is 0.115. The summed E-state index contributed by atoms with van der Waals surface area (Å²) in [5, 5.41) is 17.4. The van der Waals surface area contributed by atoms with Gasteiger partial charge in [0, 0.05) is 27.0 Å². The van der Waals surface area contributed by atoms with Gasteiger partial charge in [0.2, 0.25) is 0 Å². The van der Waals surface area contributed by atoms with Crippen molar-refractivity contribution in [2.75, 3.05) is 12.3 Å². The Morgan fingerprint density at radius 3 is 2.92 bits per heavy atom. The van der Waals surface area contributed by atoms with E-state index in [2.05, 4.69) is 20.3 Å². The summed E-state index contributed by atoms with van der Waals surface area (Å²) >= 11 is 3.82. The molecule has 0 fully saturated rings. The van der Waals surface area contributed by atoms with E-state index in [-0.39, 0.29) is 17.2 Å². The fraction of sp³-hybridized carbons (Fsp3) is 0.143. The van der Waals surface area contributed by atoms with E-state index in [0.29, 0.717) is 25.1 Å². The molecule has 0 spiro atoms. The first-order chi connectivity index (χ1) is 12.0. The van der Waals surface area contributed by atoms with E-state index in [1.807, 2.05) is 63.4 Å². The first-order valence-electron chi connectivity index (χ1n) is 6.79. The van der Waals surface area contributed by atoms with E-state index in [1.54, 1.807) is 17.0 Å². The lowest BCUT2D eigenvalue weighted by Crippen LogP contribution is -2.26. The molecular formula is C14H11I2N5O2S2. The van der Waals surface area contributed by atoms with Crippen molar-refractivity contribution < 1.29 is 9.90 Å². The van der Waals surface area contributed by atoms with Crippen molar-refractivity contribution in [3.63, 3.8) is 0 Å². The number of carbonyl (C=O) groups is 1. The van der Waals surface area contributed by atoms with E-state index < -0.39 is 0 Å². The van der Waals surface area contributed by atoms with Crippen LogP contribution in [0.4, 0.5) is 5.69 Å². The smallest absolute Gasteiger partial charge is 0.255 e. The topological polar surface area (TPSA) is 111 Å². The van der Waals surface area contributed by atoms with Crippen LogP contribution in [0.1, 0.15) is 10.4 Å². The van der Waals surface area contributed by atoms with Crippen LogP contribution in [0, 0.1) is 7.14 Å². The van der Waals surface area contributed by atoms with E-state index >= 15 is 0 Å². The molecule has 0 radical (unpaired) electrons. The molecule has 1 amide bonds. The summed E-state index contributed by atoms with van der Waals surface area (Å²) in [5.74, 6) is 0.138. The van der Waals surface area contributed by atoms with Crippen LogP contribution in [0.25, 0.3) is 10.4 Å². The van der Waals surface area contributed by atoms with Crippen LogP contribution in [-0.2, 0) is 0 Å². The number of hydrogen-bond donors (Lipinski definition) is 2. The number of phenols is 1. The zero-order chi connectivity index (χ0) is 18.2. The minimum atomic E-state index is -0.371. The minimum Gasteiger partial charge on any atom is -0.506 e. The number of carbonyl (C=O) groups excluding carboxylic acids is 1. The van der Waals surface area contributed by atoms with Crippen molar-refractivity contribution in [3.8, 4) is 5.75 Å². The summed E-state index contributed by atoms with van der Waals surface area (Å²) in [6.45, 7) is 0.452. The van der Waals surface area contributed by atoms with Gasteiger partial charge in [-0.2, -0.15) is 0 Å². The van der Waals surface area contributed by atoms with Crippen LogP contribution in [-0.4, -0.2) is 28.3 Å². The van der Waals surface area contributed by atoms with Crippen LogP contribution in [0.2, 0.25) is 0 Å². The molecule has 25 heavy (non-hydrogen) atoms. The van der Waals surface area contributed by atoms with Gasteiger partial charge in [-0.05, 0) is 79.7 Å². The molecule has 1 aromatic carbocycles. The Balaban J connectivity index is 1.91. The Bertz CT molecular complexity index is 817. The largest absolute Gasteiger partial charge is 0.506 e. The molecule has 0 atom stereocenters. The van der Waals surface area contributed by atoms with Crippen molar-refractivity contribution in [2.24, 2.45) is 5.11 Å². The maximum atomic E-state index is 12.3. The zero-order valence-corrected chi connectivity index (χ0v) is 18.5. The van der Waals surface area contributed by atoms with Crippen LogP contribution in [0.15, 0.2) is 40.6 Å². The van der Waals surface area contributed by atoms with Crippen LogP contribution >= 0.6 is 66.8 Å². The highest BCUT2D eigenvalue weighted by atomic mass is 127.